The van der Waals surface area contributed by atoms with Crippen LogP contribution in [-0.2, 0) is 11.6 Å². The summed E-state index contributed by atoms with van der Waals surface area (Å²) in [5, 5.41) is 5.79. The van der Waals surface area contributed by atoms with Gasteiger partial charge in [-0.1, -0.05) is 31.7 Å². The van der Waals surface area contributed by atoms with E-state index in [1.807, 2.05) is 36.0 Å². The van der Waals surface area contributed by atoms with Crippen LogP contribution in [0, 0.1) is 0 Å². The van der Waals surface area contributed by atoms with Crippen molar-refractivity contribution in [2.75, 3.05) is 19.9 Å². The summed E-state index contributed by atoms with van der Waals surface area (Å²) < 4.78 is 61.4. The number of alkyl halides is 3. The molecule has 39 heavy (non-hydrogen) atoms. The number of aromatic nitrogens is 4. The molecule has 11 heteroatoms. The Morgan fingerprint density at radius 3 is 2.62 bits per heavy atom. The number of hydrogen-bond donors (Lipinski definition) is 0. The van der Waals surface area contributed by atoms with Crippen LogP contribution in [0.5, 0.6) is 5.75 Å². The fourth-order valence-electron chi connectivity index (χ4n) is 4.81. The quantitative estimate of drug-likeness (QED) is 0.147. The van der Waals surface area contributed by atoms with Crippen LogP contribution in [0.1, 0.15) is 31.4 Å². The van der Waals surface area contributed by atoms with Gasteiger partial charge in [0, 0.05) is 54.3 Å². The Labute approximate surface area is 224 Å². The van der Waals surface area contributed by atoms with Crippen molar-refractivity contribution >= 4 is 29.2 Å². The van der Waals surface area contributed by atoms with Gasteiger partial charge in [-0.25, -0.2) is 9.67 Å². The Balaban J connectivity index is 1.72. The highest BCUT2D eigenvalue weighted by Gasteiger charge is 2.36. The van der Waals surface area contributed by atoms with Crippen LogP contribution in [0.4, 0.5) is 13.2 Å². The molecular formula is C28H29F3N5O2P. The van der Waals surface area contributed by atoms with Crippen LogP contribution in [-0.4, -0.2) is 51.4 Å². The summed E-state index contributed by atoms with van der Waals surface area (Å²) in [5.41, 5.74) is 3.35. The van der Waals surface area contributed by atoms with Gasteiger partial charge >= 0.3 is 6.36 Å². The normalized spacial score (nSPS) is 15.9. The number of nitrogens with zero attached hydrogens (tertiary/aromatic N) is 5. The summed E-state index contributed by atoms with van der Waals surface area (Å²) in [6.07, 6.45) is 0.796. The second-order valence-electron chi connectivity index (χ2n) is 9.75. The lowest BCUT2D eigenvalue weighted by Crippen LogP contribution is -2.19. The second kappa shape index (κ2) is 9.83. The molecule has 0 aliphatic heterocycles. The lowest BCUT2D eigenvalue weighted by Gasteiger charge is -2.17. The minimum absolute atomic E-state index is 0.178. The van der Waals surface area contributed by atoms with E-state index in [0.717, 1.165) is 35.0 Å². The molecule has 0 amide bonds. The molecule has 1 saturated carbocycles. The zero-order valence-corrected chi connectivity index (χ0v) is 23.1. The average molecular weight is 556 g/mol. The first kappa shape index (κ1) is 26.9. The molecule has 2 aromatic carbocycles. The van der Waals surface area contributed by atoms with Gasteiger partial charge in [0.05, 0.1) is 16.8 Å². The molecule has 5 rings (SSSR count). The smallest absolute Gasteiger partial charge is 0.405 e. The van der Waals surface area contributed by atoms with Gasteiger partial charge in [0.2, 0.25) is 0 Å². The Bertz CT molecular complexity index is 1660. The molecule has 2 aromatic heterocycles. The third kappa shape index (κ3) is 5.05. The molecule has 0 bridgehead atoms. The van der Waals surface area contributed by atoms with Gasteiger partial charge in [0.15, 0.2) is 0 Å². The van der Waals surface area contributed by atoms with E-state index >= 15 is 0 Å². The second-order valence-corrected chi connectivity index (χ2v) is 13.1. The van der Waals surface area contributed by atoms with Crippen LogP contribution in [0.25, 0.3) is 33.5 Å². The van der Waals surface area contributed by atoms with E-state index in [2.05, 4.69) is 21.4 Å². The van der Waals surface area contributed by atoms with Gasteiger partial charge in [0.1, 0.15) is 24.6 Å². The molecule has 0 radical (unpaired) electrons. The lowest BCUT2D eigenvalue weighted by molar-refractivity contribution is -0.274. The number of halogens is 3. The van der Waals surface area contributed by atoms with E-state index in [4.69, 9.17) is 4.98 Å². The van der Waals surface area contributed by atoms with E-state index in [9.17, 15) is 17.7 Å². The van der Waals surface area contributed by atoms with Crippen molar-refractivity contribution in [3.8, 4) is 28.4 Å². The fraction of sp³-hybridized carbons (Fsp3) is 0.321. The maximum absolute atomic E-state index is 13.5. The Hall–Kier alpha value is -3.65. The predicted octanol–water partition coefficient (Wildman–Crippen LogP) is 6.58. The number of rotatable bonds is 7. The number of aliphatic imine (C=N–C) groups is 1. The van der Waals surface area contributed by atoms with Gasteiger partial charge in [-0.2, -0.15) is 5.10 Å². The number of imidazole rings is 1. The first-order chi connectivity index (χ1) is 18.5. The Morgan fingerprint density at radius 2 is 2.00 bits per heavy atom. The molecule has 0 spiro atoms. The number of allylic oxidation sites excluding steroid dienone is 1. The van der Waals surface area contributed by atoms with Crippen molar-refractivity contribution in [2.45, 2.75) is 32.0 Å². The van der Waals surface area contributed by atoms with Gasteiger partial charge in [-0.3, -0.25) is 4.99 Å². The van der Waals surface area contributed by atoms with Crippen LogP contribution >= 0.6 is 7.14 Å². The van der Waals surface area contributed by atoms with Crippen LogP contribution in [0.15, 0.2) is 60.2 Å². The summed E-state index contributed by atoms with van der Waals surface area (Å²) in [6.45, 7) is 7.11. The Kier molecular flexibility index (Phi) is 6.79. The summed E-state index contributed by atoms with van der Waals surface area (Å²) in [7, 11) is 0.629. The maximum atomic E-state index is 13.5. The molecular weight excluding hydrogens is 526 g/mol. The topological polar surface area (TPSA) is 74.3 Å². The van der Waals surface area contributed by atoms with Crippen molar-refractivity contribution in [1.29, 1.82) is 0 Å². The summed E-state index contributed by atoms with van der Waals surface area (Å²) in [4.78, 5) is 9.13. The molecule has 1 aliphatic rings. The molecule has 1 fully saturated rings. The zero-order chi connectivity index (χ0) is 28.1. The third-order valence-corrected chi connectivity index (χ3v) is 9.71. The molecule has 204 valence electrons. The fourth-order valence-corrected chi connectivity index (χ4v) is 5.96. The Morgan fingerprint density at radius 1 is 1.26 bits per heavy atom. The molecule has 0 saturated heterocycles. The van der Waals surface area contributed by atoms with Crippen LogP contribution in [0.3, 0.4) is 0 Å². The SMILES string of the molecule is C=CC(=NC)n1cc2c(-c3nc(-c4ccc(P(C)(=O)CC)cc4OC(F)(F)F)n(C)c3C3CC3)cccc2n1. The van der Waals surface area contributed by atoms with E-state index in [1.165, 1.54) is 12.1 Å². The number of ether oxygens (including phenoxy) is 1. The number of hydrogen-bond acceptors (Lipinski definition) is 5. The standard InChI is InChI=1S/C28H29F3N5O2P/c1-6-24(32-3)36-16-21-19(9-8-10-22(21)34-36)25-26(17-11-12-17)35(4)27(33-25)20-14-13-18(39(5,37)7-2)15-23(20)38-28(29,30)31/h6,8-10,13-17H,1,7,11-12H2,2-5H3. The van der Waals surface area contributed by atoms with Gasteiger partial charge in [-0.15, -0.1) is 13.2 Å². The monoisotopic (exact) mass is 555 g/mol. The molecule has 4 aromatic rings. The molecule has 7 nitrogen and oxygen atoms in total. The molecule has 1 aliphatic carbocycles. The first-order valence-electron chi connectivity index (χ1n) is 12.6. The molecule has 0 N–H and O–H groups in total. The van der Waals surface area contributed by atoms with Crippen molar-refractivity contribution < 1.29 is 22.5 Å². The van der Waals surface area contributed by atoms with Gasteiger partial charge in [-0.05, 0) is 43.8 Å². The van der Waals surface area contributed by atoms with E-state index in [-0.39, 0.29) is 11.5 Å². The first-order valence-corrected chi connectivity index (χ1v) is 14.9. The number of benzene rings is 2. The average Bonchev–Trinajstić information content (AvgIpc) is 3.53. The van der Waals surface area contributed by atoms with E-state index < -0.39 is 19.3 Å². The highest BCUT2D eigenvalue weighted by Crippen LogP contribution is 2.48. The van der Waals surface area contributed by atoms with Crippen molar-refractivity contribution in [3.63, 3.8) is 0 Å². The molecule has 1 atom stereocenters. The largest absolute Gasteiger partial charge is 0.573 e. The van der Waals surface area contributed by atoms with Gasteiger partial charge < -0.3 is 13.9 Å². The highest BCUT2D eigenvalue weighted by molar-refractivity contribution is 7.70. The minimum Gasteiger partial charge on any atom is -0.405 e. The van der Waals surface area contributed by atoms with E-state index in [0.29, 0.717) is 28.8 Å². The van der Waals surface area contributed by atoms with Crippen LogP contribution in [0.2, 0.25) is 0 Å². The summed E-state index contributed by atoms with van der Waals surface area (Å²) in [6, 6.07) is 10.1. The van der Waals surface area contributed by atoms with Crippen molar-refractivity contribution in [3.05, 3.63) is 60.9 Å². The highest BCUT2D eigenvalue weighted by atomic mass is 31.2. The molecule has 2 heterocycles. The van der Waals surface area contributed by atoms with Gasteiger partial charge in [0.25, 0.3) is 0 Å². The molecule has 1 unspecified atom stereocenters. The van der Waals surface area contributed by atoms with Crippen LogP contribution < -0.4 is 10.0 Å². The maximum Gasteiger partial charge on any atom is 0.573 e. The minimum atomic E-state index is -4.92. The summed E-state index contributed by atoms with van der Waals surface area (Å²) >= 11 is 0. The lowest BCUT2D eigenvalue weighted by atomic mass is 10.0. The van der Waals surface area contributed by atoms with Crippen molar-refractivity contribution in [2.24, 2.45) is 12.0 Å². The summed E-state index contributed by atoms with van der Waals surface area (Å²) in [5.74, 6) is 0.736. The third-order valence-electron chi connectivity index (χ3n) is 7.14. The van der Waals surface area contributed by atoms with Crippen molar-refractivity contribution in [1.82, 2.24) is 19.3 Å². The zero-order valence-electron chi connectivity index (χ0n) is 22.2. The number of fused-ring (bicyclic) bond motifs is 1. The van der Waals surface area contributed by atoms with E-state index in [1.54, 1.807) is 37.5 Å². The predicted molar refractivity (Wildman–Crippen MR) is 149 cm³/mol.